The highest BCUT2D eigenvalue weighted by Gasteiger charge is 2.28. The fraction of sp³-hybridized carbons (Fsp3) is 0.500. The Bertz CT molecular complexity index is 476. The Balaban J connectivity index is 0.00000200. The van der Waals surface area contributed by atoms with E-state index in [2.05, 4.69) is 0 Å². The van der Waals surface area contributed by atoms with Gasteiger partial charge in [-0.15, -0.1) is 12.4 Å². The van der Waals surface area contributed by atoms with Crippen LogP contribution in [0.3, 0.4) is 0 Å². The van der Waals surface area contributed by atoms with Gasteiger partial charge < -0.3 is 5.11 Å². The van der Waals surface area contributed by atoms with Crippen molar-refractivity contribution in [1.29, 1.82) is 0 Å². The van der Waals surface area contributed by atoms with E-state index in [9.17, 15) is 13.6 Å². The summed E-state index contributed by atoms with van der Waals surface area (Å²) in [6.07, 6.45) is 1.10. The van der Waals surface area contributed by atoms with E-state index >= 15 is 0 Å². The third-order valence-corrected chi connectivity index (χ3v) is 3.83. The maximum absolute atomic E-state index is 13.7. The highest BCUT2D eigenvalue weighted by atomic mass is 35.5. The van der Waals surface area contributed by atoms with Crippen LogP contribution >= 0.6 is 12.4 Å². The predicted octanol–water partition coefficient (Wildman–Crippen LogP) is 3.24. The van der Waals surface area contributed by atoms with E-state index in [1.54, 1.807) is 0 Å². The number of carboxylic acid groups (broad SMARTS) is 1. The summed E-state index contributed by atoms with van der Waals surface area (Å²) in [7, 11) is 0. The Kier molecular flexibility index (Phi) is 5.89. The lowest BCUT2D eigenvalue weighted by Crippen LogP contribution is -2.38. The molecule has 3 nitrogen and oxygen atoms in total. The molecule has 20 heavy (non-hydrogen) atoms. The number of aliphatic carboxylic acids is 1. The zero-order valence-corrected chi connectivity index (χ0v) is 12.0. The van der Waals surface area contributed by atoms with Gasteiger partial charge in [0.25, 0.3) is 0 Å². The summed E-state index contributed by atoms with van der Waals surface area (Å²) in [6, 6.07) is 3.20. The Morgan fingerprint density at radius 1 is 1.35 bits per heavy atom. The van der Waals surface area contributed by atoms with Crippen molar-refractivity contribution in [2.24, 2.45) is 5.92 Å². The maximum Gasteiger partial charge on any atom is 0.306 e. The second-order valence-electron chi connectivity index (χ2n) is 4.99. The number of hydrogen-bond donors (Lipinski definition) is 1. The molecule has 1 unspecified atom stereocenters. The molecule has 112 valence electrons. The maximum atomic E-state index is 13.7. The highest BCUT2D eigenvalue weighted by Crippen LogP contribution is 2.28. The average molecular weight is 306 g/mol. The van der Waals surface area contributed by atoms with Crippen molar-refractivity contribution in [3.05, 3.63) is 35.4 Å². The lowest BCUT2D eigenvalue weighted by Gasteiger charge is -2.35. The van der Waals surface area contributed by atoms with Crippen LogP contribution in [0, 0.1) is 17.6 Å². The molecule has 1 aliphatic heterocycles. The van der Waals surface area contributed by atoms with Crippen molar-refractivity contribution >= 4 is 18.4 Å². The second kappa shape index (κ2) is 6.99. The minimum atomic E-state index is -0.774. The molecule has 2 rings (SSSR count). The van der Waals surface area contributed by atoms with Crippen molar-refractivity contribution in [1.82, 2.24) is 4.90 Å². The Hall–Kier alpha value is -1.20. The van der Waals surface area contributed by atoms with Gasteiger partial charge in [0.2, 0.25) is 0 Å². The first-order chi connectivity index (χ1) is 8.99. The summed E-state index contributed by atoms with van der Waals surface area (Å²) in [6.45, 7) is 3.00. The van der Waals surface area contributed by atoms with Crippen molar-refractivity contribution in [3.8, 4) is 0 Å². The molecule has 0 amide bonds. The lowest BCUT2D eigenvalue weighted by molar-refractivity contribution is -0.143. The first-order valence-electron chi connectivity index (χ1n) is 6.41. The van der Waals surface area contributed by atoms with Crippen LogP contribution in [0.15, 0.2) is 18.2 Å². The van der Waals surface area contributed by atoms with Gasteiger partial charge in [0.15, 0.2) is 0 Å². The summed E-state index contributed by atoms with van der Waals surface area (Å²) in [5.74, 6) is -1.97. The summed E-state index contributed by atoms with van der Waals surface area (Å²) < 4.78 is 26.9. The molecule has 0 bridgehead atoms. The van der Waals surface area contributed by atoms with Gasteiger partial charge in [0.1, 0.15) is 11.6 Å². The molecular formula is C14H18ClF2NO2. The van der Waals surface area contributed by atoms with Gasteiger partial charge >= 0.3 is 5.97 Å². The largest absolute Gasteiger partial charge is 0.481 e. The molecule has 0 aliphatic carbocycles. The molecule has 0 spiro atoms. The third kappa shape index (κ3) is 3.67. The number of nitrogens with zero attached hydrogens (tertiary/aromatic N) is 1. The minimum Gasteiger partial charge on any atom is -0.481 e. The normalized spacial score (nSPS) is 18.4. The van der Waals surface area contributed by atoms with Crippen LogP contribution in [0.2, 0.25) is 0 Å². The fourth-order valence-corrected chi connectivity index (χ4v) is 2.57. The number of likely N-dealkylation sites (tertiary alicyclic amines) is 1. The van der Waals surface area contributed by atoms with E-state index in [0.717, 1.165) is 12.1 Å². The van der Waals surface area contributed by atoms with Crippen LogP contribution in [-0.4, -0.2) is 29.1 Å². The molecular weight excluding hydrogens is 288 g/mol. The van der Waals surface area contributed by atoms with Crippen molar-refractivity contribution in [2.75, 3.05) is 13.1 Å². The van der Waals surface area contributed by atoms with Gasteiger partial charge in [-0.25, -0.2) is 8.78 Å². The molecule has 6 heteroatoms. The molecule has 0 aromatic heterocycles. The second-order valence-corrected chi connectivity index (χ2v) is 4.99. The van der Waals surface area contributed by atoms with E-state index in [-0.39, 0.29) is 24.4 Å². The average Bonchev–Trinajstić information content (AvgIpc) is 2.41. The molecule has 0 radical (unpaired) electrons. The summed E-state index contributed by atoms with van der Waals surface area (Å²) >= 11 is 0. The number of carbonyl (C=O) groups is 1. The van der Waals surface area contributed by atoms with Crippen LogP contribution in [0.1, 0.15) is 31.4 Å². The summed E-state index contributed by atoms with van der Waals surface area (Å²) in [5.41, 5.74) is 0.328. The molecule has 1 N–H and O–H groups in total. The number of hydrogen-bond acceptors (Lipinski definition) is 2. The fourth-order valence-electron chi connectivity index (χ4n) is 2.57. The van der Waals surface area contributed by atoms with Gasteiger partial charge in [-0.3, -0.25) is 9.69 Å². The van der Waals surface area contributed by atoms with E-state index < -0.39 is 17.6 Å². The molecule has 1 fully saturated rings. The molecule has 1 heterocycles. The van der Waals surface area contributed by atoms with E-state index in [1.165, 1.54) is 6.07 Å². The first-order valence-corrected chi connectivity index (χ1v) is 6.41. The Morgan fingerprint density at radius 2 is 1.95 bits per heavy atom. The monoisotopic (exact) mass is 305 g/mol. The number of carboxylic acids is 1. The number of halogens is 3. The van der Waals surface area contributed by atoms with Crippen LogP contribution in [0.4, 0.5) is 8.78 Å². The van der Waals surface area contributed by atoms with E-state index in [0.29, 0.717) is 31.5 Å². The van der Waals surface area contributed by atoms with Gasteiger partial charge in [-0.2, -0.15) is 0 Å². The molecule has 1 aromatic rings. The van der Waals surface area contributed by atoms with Gasteiger partial charge in [0, 0.05) is 11.6 Å². The molecule has 1 saturated heterocycles. The summed E-state index contributed by atoms with van der Waals surface area (Å²) in [5, 5.41) is 8.93. The van der Waals surface area contributed by atoms with Crippen LogP contribution in [0.5, 0.6) is 0 Å². The Labute approximate surface area is 123 Å². The Morgan fingerprint density at radius 3 is 2.50 bits per heavy atom. The van der Waals surface area contributed by atoms with Crippen LogP contribution in [0.25, 0.3) is 0 Å². The molecule has 1 aromatic carbocycles. The van der Waals surface area contributed by atoms with Crippen molar-refractivity contribution < 1.29 is 18.7 Å². The topological polar surface area (TPSA) is 40.5 Å². The lowest BCUT2D eigenvalue weighted by atomic mass is 9.94. The van der Waals surface area contributed by atoms with Crippen molar-refractivity contribution in [2.45, 2.75) is 25.8 Å². The molecule has 0 saturated carbocycles. The smallest absolute Gasteiger partial charge is 0.306 e. The minimum absolute atomic E-state index is 0. The highest BCUT2D eigenvalue weighted by molar-refractivity contribution is 5.85. The van der Waals surface area contributed by atoms with Gasteiger partial charge in [0.05, 0.1) is 5.92 Å². The first kappa shape index (κ1) is 16.9. The number of piperidine rings is 1. The molecule has 1 aliphatic rings. The number of benzene rings is 1. The molecule has 1 atom stereocenters. The quantitative estimate of drug-likeness (QED) is 0.932. The third-order valence-electron chi connectivity index (χ3n) is 3.83. The zero-order valence-electron chi connectivity index (χ0n) is 11.2. The van der Waals surface area contributed by atoms with E-state index in [1.807, 2.05) is 11.8 Å². The van der Waals surface area contributed by atoms with E-state index in [4.69, 9.17) is 5.11 Å². The van der Waals surface area contributed by atoms with Crippen LogP contribution < -0.4 is 0 Å². The predicted molar refractivity (Wildman–Crippen MR) is 74.0 cm³/mol. The zero-order chi connectivity index (χ0) is 14.0. The van der Waals surface area contributed by atoms with Crippen molar-refractivity contribution in [3.63, 3.8) is 0 Å². The standard InChI is InChI=1S/C14H17F2NO2.ClH/c1-9(12-8-11(15)2-3-13(12)16)17-6-4-10(5-7-17)14(18)19;/h2-3,8-10H,4-7H2,1H3,(H,18,19);1H. The SMILES string of the molecule is CC(c1cc(F)ccc1F)N1CCC(C(=O)O)CC1.Cl. The summed E-state index contributed by atoms with van der Waals surface area (Å²) in [4.78, 5) is 12.9. The number of rotatable bonds is 3. The van der Waals surface area contributed by atoms with Gasteiger partial charge in [-0.05, 0) is 51.1 Å². The van der Waals surface area contributed by atoms with Gasteiger partial charge in [-0.1, -0.05) is 0 Å². The van der Waals surface area contributed by atoms with Crippen LogP contribution in [-0.2, 0) is 4.79 Å².